The lowest BCUT2D eigenvalue weighted by Crippen LogP contribution is -2.33. The Morgan fingerprint density at radius 3 is 2.40 bits per heavy atom. The maximum absolute atomic E-state index is 11.7. The van der Waals surface area contributed by atoms with Crippen molar-refractivity contribution in [3.05, 3.63) is 35.9 Å². The highest BCUT2D eigenvalue weighted by molar-refractivity contribution is 5.80. The van der Waals surface area contributed by atoms with E-state index in [9.17, 15) is 9.59 Å². The van der Waals surface area contributed by atoms with Crippen LogP contribution < -0.4 is 5.32 Å². The third kappa shape index (κ3) is 7.56. The summed E-state index contributed by atoms with van der Waals surface area (Å²) in [5.74, 6) is 0.183. The van der Waals surface area contributed by atoms with E-state index < -0.39 is 11.7 Å². The maximum atomic E-state index is 11.7. The molecule has 0 radical (unpaired) electrons. The topological polar surface area (TPSA) is 55.4 Å². The van der Waals surface area contributed by atoms with Gasteiger partial charge >= 0.3 is 6.09 Å². The van der Waals surface area contributed by atoms with Crippen LogP contribution in [0.1, 0.15) is 39.2 Å². The van der Waals surface area contributed by atoms with Crippen molar-refractivity contribution in [1.29, 1.82) is 0 Å². The number of ether oxygens (including phenoxy) is 1. The quantitative estimate of drug-likeness (QED) is 0.813. The number of amides is 1. The number of nitrogens with one attached hydrogen (secondary N) is 1. The number of Topliss-reactive ketones (excluding diaryl/α,β-unsaturated/α-hetero) is 1. The van der Waals surface area contributed by atoms with Crippen LogP contribution in [0, 0.1) is 0 Å². The largest absolute Gasteiger partial charge is 0.444 e. The first kappa shape index (κ1) is 16.2. The first-order valence-corrected chi connectivity index (χ1v) is 6.89. The van der Waals surface area contributed by atoms with Gasteiger partial charge in [-0.3, -0.25) is 4.79 Å². The van der Waals surface area contributed by atoms with Gasteiger partial charge in [0, 0.05) is 19.4 Å². The lowest BCUT2D eigenvalue weighted by atomic mass is 10.1. The number of alkyl carbamates (subject to hydrolysis) is 1. The average Bonchev–Trinajstić information content (AvgIpc) is 2.34. The Morgan fingerprint density at radius 2 is 1.80 bits per heavy atom. The van der Waals surface area contributed by atoms with Crippen molar-refractivity contribution in [2.45, 2.75) is 45.6 Å². The normalized spacial score (nSPS) is 10.9. The van der Waals surface area contributed by atoms with Crippen LogP contribution in [0.25, 0.3) is 0 Å². The summed E-state index contributed by atoms with van der Waals surface area (Å²) >= 11 is 0. The van der Waals surface area contributed by atoms with Crippen LogP contribution in [-0.2, 0) is 16.0 Å². The van der Waals surface area contributed by atoms with Crippen LogP contribution in [-0.4, -0.2) is 24.0 Å². The fourth-order valence-electron chi connectivity index (χ4n) is 1.70. The van der Waals surface area contributed by atoms with Gasteiger partial charge in [0.25, 0.3) is 0 Å². The second-order valence-corrected chi connectivity index (χ2v) is 5.73. The summed E-state index contributed by atoms with van der Waals surface area (Å²) in [5.41, 5.74) is 0.533. The third-order valence-electron chi connectivity index (χ3n) is 2.54. The zero-order chi connectivity index (χ0) is 15.0. The van der Waals surface area contributed by atoms with Crippen molar-refractivity contribution in [2.24, 2.45) is 0 Å². The summed E-state index contributed by atoms with van der Waals surface area (Å²) in [6, 6.07) is 9.66. The number of benzene rings is 1. The number of rotatable bonds is 6. The van der Waals surface area contributed by atoms with Crippen LogP contribution in [0.4, 0.5) is 4.79 Å². The minimum Gasteiger partial charge on any atom is -0.444 e. The lowest BCUT2D eigenvalue weighted by Gasteiger charge is -2.19. The summed E-state index contributed by atoms with van der Waals surface area (Å²) in [5, 5.41) is 2.65. The fourth-order valence-corrected chi connectivity index (χ4v) is 1.70. The summed E-state index contributed by atoms with van der Waals surface area (Å²) in [4.78, 5) is 23.1. The average molecular weight is 277 g/mol. The van der Waals surface area contributed by atoms with Gasteiger partial charge in [0.2, 0.25) is 0 Å². The van der Waals surface area contributed by atoms with Gasteiger partial charge in [0.05, 0.1) is 0 Å². The Balaban J connectivity index is 2.15. The number of carbonyl (C=O) groups is 2. The lowest BCUT2D eigenvalue weighted by molar-refractivity contribution is -0.118. The van der Waals surface area contributed by atoms with Crippen molar-refractivity contribution < 1.29 is 14.3 Å². The standard InChI is InChI=1S/C16H23NO3/c1-16(2,3)20-15(19)17-11-7-10-14(18)12-13-8-5-4-6-9-13/h4-6,8-9H,7,10-12H2,1-3H3,(H,17,19). The highest BCUT2D eigenvalue weighted by atomic mass is 16.6. The Morgan fingerprint density at radius 1 is 1.15 bits per heavy atom. The number of ketones is 1. The molecule has 0 spiro atoms. The Kier molecular flexibility index (Phi) is 6.22. The van der Waals surface area contributed by atoms with Crippen LogP contribution >= 0.6 is 0 Å². The number of carbonyl (C=O) groups excluding carboxylic acids is 2. The van der Waals surface area contributed by atoms with E-state index in [2.05, 4.69) is 5.32 Å². The zero-order valence-electron chi connectivity index (χ0n) is 12.4. The highest BCUT2D eigenvalue weighted by Gasteiger charge is 2.15. The smallest absolute Gasteiger partial charge is 0.407 e. The van der Waals surface area contributed by atoms with Gasteiger partial charge in [-0.1, -0.05) is 30.3 Å². The Bertz CT molecular complexity index is 435. The molecule has 0 aliphatic rings. The summed E-state index contributed by atoms with van der Waals surface area (Å²) in [7, 11) is 0. The third-order valence-corrected chi connectivity index (χ3v) is 2.54. The fraction of sp³-hybridized carbons (Fsp3) is 0.500. The molecule has 1 aromatic carbocycles. The molecule has 4 heteroatoms. The van der Waals surface area contributed by atoms with Crippen LogP contribution in [0.5, 0.6) is 0 Å². The molecule has 0 aliphatic carbocycles. The summed E-state index contributed by atoms with van der Waals surface area (Å²) in [6.07, 6.45) is 1.11. The molecule has 0 unspecified atom stereocenters. The van der Waals surface area contributed by atoms with E-state index in [4.69, 9.17) is 4.74 Å². The van der Waals surface area contributed by atoms with Crippen molar-refractivity contribution in [3.63, 3.8) is 0 Å². The molecule has 1 N–H and O–H groups in total. The molecular formula is C16H23NO3. The first-order valence-electron chi connectivity index (χ1n) is 6.89. The molecule has 0 aliphatic heterocycles. The predicted molar refractivity (Wildman–Crippen MR) is 78.6 cm³/mol. The SMILES string of the molecule is CC(C)(C)OC(=O)NCCCC(=O)Cc1ccccc1. The van der Waals surface area contributed by atoms with E-state index in [1.165, 1.54) is 0 Å². The molecule has 0 saturated heterocycles. The molecule has 20 heavy (non-hydrogen) atoms. The minimum absolute atomic E-state index is 0.183. The van der Waals surface area contributed by atoms with Crippen LogP contribution in [0.15, 0.2) is 30.3 Å². The summed E-state index contributed by atoms with van der Waals surface area (Å²) in [6.45, 7) is 5.90. The number of hydrogen-bond acceptors (Lipinski definition) is 3. The zero-order valence-corrected chi connectivity index (χ0v) is 12.4. The van der Waals surface area contributed by atoms with Crippen LogP contribution in [0.3, 0.4) is 0 Å². The van der Waals surface area contributed by atoms with E-state index in [1.54, 1.807) is 0 Å². The molecule has 0 saturated carbocycles. The molecule has 1 amide bonds. The molecule has 0 atom stereocenters. The Labute approximate surface area is 120 Å². The van der Waals surface area contributed by atoms with Gasteiger partial charge in [0.1, 0.15) is 11.4 Å². The van der Waals surface area contributed by atoms with Gasteiger partial charge in [-0.25, -0.2) is 4.79 Å². The molecular weight excluding hydrogens is 254 g/mol. The van der Waals surface area contributed by atoms with Crippen molar-refractivity contribution in [2.75, 3.05) is 6.54 Å². The highest BCUT2D eigenvalue weighted by Crippen LogP contribution is 2.06. The van der Waals surface area contributed by atoms with E-state index >= 15 is 0 Å². The van der Waals surface area contributed by atoms with Gasteiger partial charge in [0.15, 0.2) is 0 Å². The molecule has 4 nitrogen and oxygen atoms in total. The predicted octanol–water partition coefficient (Wildman–Crippen LogP) is 3.10. The van der Waals surface area contributed by atoms with Gasteiger partial charge < -0.3 is 10.1 Å². The molecule has 0 aromatic heterocycles. The van der Waals surface area contributed by atoms with Crippen molar-refractivity contribution in [3.8, 4) is 0 Å². The summed E-state index contributed by atoms with van der Waals surface area (Å²) < 4.78 is 5.11. The second kappa shape index (κ2) is 7.68. The van der Waals surface area contributed by atoms with E-state index in [-0.39, 0.29) is 5.78 Å². The van der Waals surface area contributed by atoms with Gasteiger partial charge in [-0.15, -0.1) is 0 Å². The molecule has 110 valence electrons. The van der Waals surface area contributed by atoms with Gasteiger partial charge in [-0.05, 0) is 32.8 Å². The molecule has 0 fully saturated rings. The van der Waals surface area contributed by atoms with Crippen molar-refractivity contribution in [1.82, 2.24) is 5.32 Å². The molecule has 1 aromatic rings. The van der Waals surface area contributed by atoms with E-state index in [1.807, 2.05) is 51.1 Å². The Hall–Kier alpha value is -1.84. The van der Waals surface area contributed by atoms with Gasteiger partial charge in [-0.2, -0.15) is 0 Å². The first-order chi connectivity index (χ1) is 9.37. The monoisotopic (exact) mass is 277 g/mol. The molecule has 0 heterocycles. The minimum atomic E-state index is -0.493. The van der Waals surface area contributed by atoms with E-state index in [0.717, 1.165) is 5.56 Å². The van der Waals surface area contributed by atoms with E-state index in [0.29, 0.717) is 25.8 Å². The maximum Gasteiger partial charge on any atom is 0.407 e. The molecule has 1 rings (SSSR count). The van der Waals surface area contributed by atoms with Crippen molar-refractivity contribution >= 4 is 11.9 Å². The molecule has 0 bridgehead atoms. The second-order valence-electron chi connectivity index (χ2n) is 5.73. The van der Waals surface area contributed by atoms with Crippen LogP contribution in [0.2, 0.25) is 0 Å². The number of hydrogen-bond donors (Lipinski definition) is 1.